The second-order valence-corrected chi connectivity index (χ2v) is 3.48. The van der Waals surface area contributed by atoms with E-state index in [0.717, 1.165) is 19.1 Å². The standard InChI is InChI=1S/C12H18O4/c1-5-6-7-15-12(14)10(4)8-16-11(13)9(2)3/h8H,2,5-7H2,1,3-4H3/b10-8+. The Labute approximate surface area is 95.9 Å². The first-order valence-electron chi connectivity index (χ1n) is 5.19. The Kier molecular flexibility index (Phi) is 6.92. The highest BCUT2D eigenvalue weighted by Gasteiger charge is 2.07. The summed E-state index contributed by atoms with van der Waals surface area (Å²) in [6.07, 6.45) is 2.87. The molecule has 4 heteroatoms. The maximum absolute atomic E-state index is 11.3. The van der Waals surface area contributed by atoms with Crippen LogP contribution in [0.25, 0.3) is 0 Å². The number of esters is 2. The number of hydrogen-bond donors (Lipinski definition) is 0. The van der Waals surface area contributed by atoms with Crippen molar-refractivity contribution in [3.05, 3.63) is 24.0 Å². The largest absolute Gasteiger partial charge is 0.462 e. The zero-order valence-corrected chi connectivity index (χ0v) is 10.0. The molecule has 0 aliphatic heterocycles. The van der Waals surface area contributed by atoms with Crippen LogP contribution in [-0.2, 0) is 19.1 Å². The molecule has 0 aliphatic carbocycles. The van der Waals surface area contributed by atoms with Crippen molar-refractivity contribution in [1.29, 1.82) is 0 Å². The van der Waals surface area contributed by atoms with Gasteiger partial charge in [-0.3, -0.25) is 0 Å². The van der Waals surface area contributed by atoms with Crippen LogP contribution < -0.4 is 0 Å². The van der Waals surface area contributed by atoms with Gasteiger partial charge in [0.25, 0.3) is 0 Å². The fourth-order valence-electron chi connectivity index (χ4n) is 0.714. The van der Waals surface area contributed by atoms with Crippen LogP contribution in [0.2, 0.25) is 0 Å². The average molecular weight is 226 g/mol. The normalized spacial score (nSPS) is 10.8. The van der Waals surface area contributed by atoms with E-state index in [9.17, 15) is 9.59 Å². The SMILES string of the molecule is C=C(C)C(=O)O/C=C(\C)C(=O)OCCCC. The predicted octanol–water partition coefficient (Wildman–Crippen LogP) is 2.35. The van der Waals surface area contributed by atoms with Gasteiger partial charge >= 0.3 is 11.9 Å². The molecule has 0 spiro atoms. The molecule has 0 saturated carbocycles. The Morgan fingerprint density at radius 1 is 1.25 bits per heavy atom. The number of carbonyl (C=O) groups excluding carboxylic acids is 2. The summed E-state index contributed by atoms with van der Waals surface area (Å²) in [5, 5.41) is 0. The third kappa shape index (κ3) is 6.01. The monoisotopic (exact) mass is 226 g/mol. The minimum atomic E-state index is -0.555. The zero-order chi connectivity index (χ0) is 12.6. The highest BCUT2D eigenvalue weighted by molar-refractivity contribution is 5.90. The smallest absolute Gasteiger partial charge is 0.337 e. The maximum atomic E-state index is 11.3. The van der Waals surface area contributed by atoms with E-state index in [0.29, 0.717) is 6.61 Å². The Balaban J connectivity index is 4.06. The summed E-state index contributed by atoms with van der Waals surface area (Å²) < 4.78 is 9.61. The van der Waals surface area contributed by atoms with E-state index in [2.05, 4.69) is 6.58 Å². The van der Waals surface area contributed by atoms with Gasteiger partial charge in [-0.15, -0.1) is 0 Å². The number of rotatable bonds is 6. The van der Waals surface area contributed by atoms with Gasteiger partial charge in [0.2, 0.25) is 0 Å². The molecule has 0 bridgehead atoms. The van der Waals surface area contributed by atoms with Crippen molar-refractivity contribution < 1.29 is 19.1 Å². The van der Waals surface area contributed by atoms with Gasteiger partial charge in [0, 0.05) is 5.57 Å². The minimum Gasteiger partial charge on any atom is -0.462 e. The molecular formula is C12H18O4. The Morgan fingerprint density at radius 2 is 1.88 bits per heavy atom. The van der Waals surface area contributed by atoms with Crippen LogP contribution in [0.5, 0.6) is 0 Å². The Morgan fingerprint density at radius 3 is 2.38 bits per heavy atom. The van der Waals surface area contributed by atoms with Crippen molar-refractivity contribution in [2.45, 2.75) is 33.6 Å². The molecule has 0 aromatic carbocycles. The molecule has 0 radical (unpaired) electrons. The van der Waals surface area contributed by atoms with Gasteiger partial charge in [0.1, 0.15) is 6.26 Å². The molecular weight excluding hydrogens is 208 g/mol. The lowest BCUT2D eigenvalue weighted by atomic mass is 10.3. The molecule has 0 saturated heterocycles. The summed E-state index contributed by atoms with van der Waals surface area (Å²) in [7, 11) is 0. The summed E-state index contributed by atoms with van der Waals surface area (Å²) in [6.45, 7) is 8.87. The first kappa shape index (κ1) is 14.4. The molecule has 0 aromatic rings. The highest BCUT2D eigenvalue weighted by atomic mass is 16.5. The molecule has 0 aliphatic rings. The second-order valence-electron chi connectivity index (χ2n) is 3.48. The fourth-order valence-corrected chi connectivity index (χ4v) is 0.714. The maximum Gasteiger partial charge on any atom is 0.337 e. The van der Waals surface area contributed by atoms with Crippen LogP contribution in [0.4, 0.5) is 0 Å². The van der Waals surface area contributed by atoms with Gasteiger partial charge in [-0.2, -0.15) is 0 Å². The quantitative estimate of drug-likeness (QED) is 0.302. The summed E-state index contributed by atoms with van der Waals surface area (Å²) in [5.41, 5.74) is 0.536. The molecule has 0 fully saturated rings. The van der Waals surface area contributed by atoms with Crippen molar-refractivity contribution in [3.8, 4) is 0 Å². The van der Waals surface area contributed by atoms with Gasteiger partial charge in [0.05, 0.1) is 12.2 Å². The Bertz CT molecular complexity index is 302. The van der Waals surface area contributed by atoms with E-state index in [1.807, 2.05) is 6.92 Å². The van der Waals surface area contributed by atoms with Crippen LogP contribution in [0.15, 0.2) is 24.0 Å². The van der Waals surface area contributed by atoms with Crippen molar-refractivity contribution in [2.75, 3.05) is 6.61 Å². The van der Waals surface area contributed by atoms with E-state index in [-0.39, 0.29) is 11.1 Å². The number of unbranched alkanes of at least 4 members (excludes halogenated alkanes) is 1. The van der Waals surface area contributed by atoms with Crippen molar-refractivity contribution in [3.63, 3.8) is 0 Å². The van der Waals surface area contributed by atoms with E-state index in [4.69, 9.17) is 9.47 Å². The zero-order valence-electron chi connectivity index (χ0n) is 10.0. The van der Waals surface area contributed by atoms with Gasteiger partial charge in [0.15, 0.2) is 0 Å². The van der Waals surface area contributed by atoms with Gasteiger partial charge in [-0.05, 0) is 20.3 Å². The number of hydrogen-bond acceptors (Lipinski definition) is 4. The molecule has 0 heterocycles. The van der Waals surface area contributed by atoms with E-state index in [1.54, 1.807) is 0 Å². The first-order chi connectivity index (χ1) is 7.49. The lowest BCUT2D eigenvalue weighted by molar-refractivity contribution is -0.139. The van der Waals surface area contributed by atoms with E-state index >= 15 is 0 Å². The number of ether oxygens (including phenoxy) is 2. The summed E-state index contributed by atoms with van der Waals surface area (Å²) in [4.78, 5) is 22.3. The van der Waals surface area contributed by atoms with Crippen LogP contribution in [0, 0.1) is 0 Å². The van der Waals surface area contributed by atoms with Crippen molar-refractivity contribution in [2.24, 2.45) is 0 Å². The molecule has 0 N–H and O–H groups in total. The highest BCUT2D eigenvalue weighted by Crippen LogP contribution is 2.01. The van der Waals surface area contributed by atoms with Crippen LogP contribution >= 0.6 is 0 Å². The van der Waals surface area contributed by atoms with Crippen molar-refractivity contribution >= 4 is 11.9 Å². The fraction of sp³-hybridized carbons (Fsp3) is 0.500. The van der Waals surface area contributed by atoms with E-state index in [1.165, 1.54) is 13.8 Å². The molecule has 0 aromatic heterocycles. The molecule has 4 nitrogen and oxygen atoms in total. The average Bonchev–Trinajstić information content (AvgIpc) is 2.25. The van der Waals surface area contributed by atoms with Crippen LogP contribution in [0.1, 0.15) is 33.6 Å². The van der Waals surface area contributed by atoms with Gasteiger partial charge < -0.3 is 9.47 Å². The molecule has 0 atom stereocenters. The second kappa shape index (κ2) is 7.68. The summed E-state index contributed by atoms with van der Waals surface area (Å²) >= 11 is 0. The van der Waals surface area contributed by atoms with Gasteiger partial charge in [-0.1, -0.05) is 19.9 Å². The molecule has 0 amide bonds. The van der Waals surface area contributed by atoms with E-state index < -0.39 is 11.9 Å². The van der Waals surface area contributed by atoms with Crippen LogP contribution in [0.3, 0.4) is 0 Å². The summed E-state index contributed by atoms with van der Waals surface area (Å²) in [6, 6.07) is 0. The third-order valence-corrected chi connectivity index (χ3v) is 1.74. The minimum absolute atomic E-state index is 0.255. The van der Waals surface area contributed by atoms with Gasteiger partial charge in [-0.25, -0.2) is 9.59 Å². The first-order valence-corrected chi connectivity index (χ1v) is 5.19. The molecule has 0 rings (SSSR count). The molecule has 90 valence electrons. The lowest BCUT2D eigenvalue weighted by Gasteiger charge is -2.04. The predicted molar refractivity (Wildman–Crippen MR) is 60.5 cm³/mol. The van der Waals surface area contributed by atoms with Crippen LogP contribution in [-0.4, -0.2) is 18.5 Å². The summed E-state index contributed by atoms with van der Waals surface area (Å²) in [5.74, 6) is -1.02. The number of carbonyl (C=O) groups is 2. The molecule has 0 unspecified atom stereocenters. The third-order valence-electron chi connectivity index (χ3n) is 1.74. The van der Waals surface area contributed by atoms with Crippen molar-refractivity contribution in [1.82, 2.24) is 0 Å². The molecule has 16 heavy (non-hydrogen) atoms. The topological polar surface area (TPSA) is 52.6 Å². The lowest BCUT2D eigenvalue weighted by Crippen LogP contribution is -2.08. The Hall–Kier alpha value is -1.58.